The molecule has 3 nitrogen and oxygen atoms in total. The topological polar surface area (TPSA) is 49.7 Å². The quantitative estimate of drug-likeness (QED) is 0.520. The van der Waals surface area contributed by atoms with Crippen LogP contribution < -0.4 is 0 Å². The highest BCUT2D eigenvalue weighted by Gasteiger charge is 2.06. The summed E-state index contributed by atoms with van der Waals surface area (Å²) in [5.41, 5.74) is 1.38. The first-order valence-electron chi connectivity index (χ1n) is 5.81. The van der Waals surface area contributed by atoms with Crippen LogP contribution in [0.1, 0.15) is 31.2 Å². The molecular formula is C12H19BO3. The summed E-state index contributed by atoms with van der Waals surface area (Å²) >= 11 is 0. The monoisotopic (exact) mass is 222 g/mol. The molecule has 0 spiro atoms. The molecule has 0 aliphatic rings. The smallest absolute Gasteiger partial charge is 0.402 e. The van der Waals surface area contributed by atoms with Gasteiger partial charge in [0.1, 0.15) is 0 Å². The summed E-state index contributed by atoms with van der Waals surface area (Å²) in [6.07, 6.45) is 5.39. The lowest BCUT2D eigenvalue weighted by atomic mass is 10.1. The highest BCUT2D eigenvalue weighted by molar-refractivity contribution is 6.32. The normalized spacial score (nSPS) is 10.4. The first-order valence-corrected chi connectivity index (χ1v) is 5.81. The Kier molecular flexibility index (Phi) is 6.89. The van der Waals surface area contributed by atoms with Crippen molar-refractivity contribution in [3.05, 3.63) is 35.9 Å². The molecule has 2 N–H and O–H groups in total. The van der Waals surface area contributed by atoms with Gasteiger partial charge in [0.25, 0.3) is 0 Å². The molecule has 0 unspecified atom stereocenters. The molecule has 1 aromatic carbocycles. The molecule has 4 heteroatoms. The number of rotatable bonds is 8. The van der Waals surface area contributed by atoms with Gasteiger partial charge in [0.15, 0.2) is 0 Å². The maximum atomic E-state index is 8.44. The average molecular weight is 222 g/mol. The zero-order valence-electron chi connectivity index (χ0n) is 9.51. The van der Waals surface area contributed by atoms with Gasteiger partial charge in [0.2, 0.25) is 0 Å². The summed E-state index contributed by atoms with van der Waals surface area (Å²) in [5.74, 6) is 0. The summed E-state index contributed by atoms with van der Waals surface area (Å²) < 4.78 is 4.62. The number of hydrogen-bond donors (Lipinski definition) is 2. The first-order chi connectivity index (χ1) is 7.79. The summed E-state index contributed by atoms with van der Waals surface area (Å²) in [6, 6.07) is 10.4. The van der Waals surface area contributed by atoms with Crippen molar-refractivity contribution < 1.29 is 14.7 Å². The lowest BCUT2D eigenvalue weighted by Gasteiger charge is -2.03. The average Bonchev–Trinajstić information content (AvgIpc) is 2.29. The maximum absolute atomic E-state index is 8.44. The molecule has 0 radical (unpaired) electrons. The van der Waals surface area contributed by atoms with E-state index in [2.05, 4.69) is 28.9 Å². The van der Waals surface area contributed by atoms with Crippen LogP contribution in [-0.2, 0) is 11.1 Å². The molecule has 0 aliphatic carbocycles. The highest BCUT2D eigenvalue weighted by atomic mass is 16.6. The number of unbranched alkanes of at least 4 members (excludes halogenated alkanes) is 3. The van der Waals surface area contributed by atoms with Crippen LogP contribution in [0.5, 0.6) is 0 Å². The van der Waals surface area contributed by atoms with Gasteiger partial charge in [-0.1, -0.05) is 43.2 Å². The first kappa shape index (κ1) is 13.2. The molecule has 88 valence electrons. The van der Waals surface area contributed by atoms with Gasteiger partial charge in [-0.3, -0.25) is 0 Å². The number of hydrogen-bond acceptors (Lipinski definition) is 3. The van der Waals surface area contributed by atoms with Gasteiger partial charge >= 0.3 is 7.32 Å². The third-order valence-electron chi connectivity index (χ3n) is 2.47. The fourth-order valence-corrected chi connectivity index (χ4v) is 1.62. The van der Waals surface area contributed by atoms with Crippen molar-refractivity contribution in [1.82, 2.24) is 0 Å². The Morgan fingerprint density at radius 1 is 0.938 bits per heavy atom. The summed E-state index contributed by atoms with van der Waals surface area (Å²) in [6.45, 7) is 0.420. The SMILES string of the molecule is OB(O)OCCCCCCc1ccccc1. The second-order valence-corrected chi connectivity index (χ2v) is 3.85. The van der Waals surface area contributed by atoms with Crippen molar-refractivity contribution in [3.8, 4) is 0 Å². The summed E-state index contributed by atoms with van der Waals surface area (Å²) in [7, 11) is -1.62. The Balaban J connectivity index is 1.93. The molecule has 1 aromatic rings. The van der Waals surface area contributed by atoms with Crippen LogP contribution in [0, 0.1) is 0 Å². The van der Waals surface area contributed by atoms with E-state index in [1.807, 2.05) is 6.07 Å². The second kappa shape index (κ2) is 8.33. The van der Waals surface area contributed by atoms with E-state index in [9.17, 15) is 0 Å². The second-order valence-electron chi connectivity index (χ2n) is 3.85. The van der Waals surface area contributed by atoms with E-state index in [0.29, 0.717) is 6.61 Å². The molecular weight excluding hydrogens is 203 g/mol. The fourth-order valence-electron chi connectivity index (χ4n) is 1.62. The highest BCUT2D eigenvalue weighted by Crippen LogP contribution is 2.07. The molecule has 16 heavy (non-hydrogen) atoms. The van der Waals surface area contributed by atoms with E-state index >= 15 is 0 Å². The maximum Gasteiger partial charge on any atom is 0.633 e. The zero-order valence-corrected chi connectivity index (χ0v) is 9.51. The third kappa shape index (κ3) is 6.61. The molecule has 0 bridgehead atoms. The molecule has 0 saturated carbocycles. The molecule has 0 aliphatic heterocycles. The van der Waals surface area contributed by atoms with Crippen LogP contribution in [0.15, 0.2) is 30.3 Å². The standard InChI is InChI=1S/C12H19BO3/c14-13(15)16-11-7-2-1-4-8-12-9-5-3-6-10-12/h3,5-6,9-10,14-15H,1-2,4,7-8,11H2. The van der Waals surface area contributed by atoms with E-state index in [0.717, 1.165) is 25.7 Å². The van der Waals surface area contributed by atoms with E-state index < -0.39 is 7.32 Å². The summed E-state index contributed by atoms with van der Waals surface area (Å²) in [5, 5.41) is 16.9. The molecule has 1 rings (SSSR count). The minimum Gasteiger partial charge on any atom is -0.402 e. The Hall–Kier alpha value is -0.835. The Labute approximate surface area is 97.3 Å². The van der Waals surface area contributed by atoms with Crippen LogP contribution in [0.2, 0.25) is 0 Å². The third-order valence-corrected chi connectivity index (χ3v) is 2.47. The van der Waals surface area contributed by atoms with Crippen LogP contribution >= 0.6 is 0 Å². The lowest BCUT2D eigenvalue weighted by molar-refractivity contribution is 0.182. The Morgan fingerprint density at radius 2 is 1.62 bits per heavy atom. The molecule has 0 atom stereocenters. The Morgan fingerprint density at radius 3 is 2.31 bits per heavy atom. The lowest BCUT2D eigenvalue weighted by Crippen LogP contribution is -2.17. The fraction of sp³-hybridized carbons (Fsp3) is 0.500. The van der Waals surface area contributed by atoms with Gasteiger partial charge in [-0.25, -0.2) is 0 Å². The van der Waals surface area contributed by atoms with Crippen LogP contribution in [-0.4, -0.2) is 24.0 Å². The van der Waals surface area contributed by atoms with Gasteiger partial charge in [-0.2, -0.15) is 0 Å². The number of benzene rings is 1. The van der Waals surface area contributed by atoms with E-state index in [1.54, 1.807) is 0 Å². The van der Waals surface area contributed by atoms with Gasteiger partial charge in [-0.05, 0) is 24.8 Å². The molecule has 0 amide bonds. The molecule has 0 fully saturated rings. The molecule has 0 saturated heterocycles. The zero-order chi connectivity index (χ0) is 11.6. The predicted octanol–water partition coefficient (Wildman–Crippen LogP) is 1.78. The molecule has 0 aromatic heterocycles. The summed E-state index contributed by atoms with van der Waals surface area (Å²) in [4.78, 5) is 0. The van der Waals surface area contributed by atoms with Gasteiger partial charge in [0, 0.05) is 6.61 Å². The minimum absolute atomic E-state index is 0.420. The van der Waals surface area contributed by atoms with Crippen molar-refractivity contribution >= 4 is 7.32 Å². The van der Waals surface area contributed by atoms with Crippen molar-refractivity contribution in [3.63, 3.8) is 0 Å². The van der Waals surface area contributed by atoms with E-state index in [-0.39, 0.29) is 0 Å². The van der Waals surface area contributed by atoms with Crippen molar-refractivity contribution in [1.29, 1.82) is 0 Å². The van der Waals surface area contributed by atoms with E-state index in [4.69, 9.17) is 10.0 Å². The largest absolute Gasteiger partial charge is 0.633 e. The van der Waals surface area contributed by atoms with E-state index in [1.165, 1.54) is 12.0 Å². The number of aryl methyl sites for hydroxylation is 1. The van der Waals surface area contributed by atoms with Crippen LogP contribution in [0.4, 0.5) is 0 Å². The van der Waals surface area contributed by atoms with Crippen molar-refractivity contribution in [2.24, 2.45) is 0 Å². The predicted molar refractivity (Wildman–Crippen MR) is 64.8 cm³/mol. The minimum atomic E-state index is -1.62. The van der Waals surface area contributed by atoms with Crippen molar-refractivity contribution in [2.75, 3.05) is 6.61 Å². The van der Waals surface area contributed by atoms with Gasteiger partial charge in [-0.15, -0.1) is 0 Å². The van der Waals surface area contributed by atoms with Gasteiger partial charge in [0.05, 0.1) is 0 Å². The molecule has 0 heterocycles. The Bertz CT molecular complexity index is 264. The van der Waals surface area contributed by atoms with Crippen molar-refractivity contribution in [2.45, 2.75) is 32.1 Å². The van der Waals surface area contributed by atoms with Crippen LogP contribution in [0.25, 0.3) is 0 Å². The van der Waals surface area contributed by atoms with Crippen LogP contribution in [0.3, 0.4) is 0 Å². The van der Waals surface area contributed by atoms with Gasteiger partial charge < -0.3 is 14.7 Å².